The van der Waals surface area contributed by atoms with E-state index in [-0.39, 0.29) is 0 Å². The molecule has 2 nitrogen and oxygen atoms in total. The van der Waals surface area contributed by atoms with Crippen molar-refractivity contribution in [3.8, 4) is 22.5 Å². The van der Waals surface area contributed by atoms with Crippen LogP contribution in [0.3, 0.4) is 0 Å². The van der Waals surface area contributed by atoms with Crippen LogP contribution in [0, 0.1) is 6.33 Å². The van der Waals surface area contributed by atoms with Gasteiger partial charge in [0.05, 0.1) is 11.4 Å². The minimum atomic E-state index is 0.329. The summed E-state index contributed by atoms with van der Waals surface area (Å²) < 4.78 is 2.11. The molecule has 99 valence electrons. The highest BCUT2D eigenvalue weighted by Crippen LogP contribution is 2.32. The summed E-state index contributed by atoms with van der Waals surface area (Å²) in [4.78, 5) is 4.52. The van der Waals surface area contributed by atoms with Gasteiger partial charge in [0, 0.05) is 17.2 Å². The molecule has 0 fully saturated rings. The Morgan fingerprint density at radius 1 is 0.850 bits per heavy atom. The number of aromatic nitrogens is 2. The first-order valence-corrected chi connectivity index (χ1v) is 6.88. The van der Waals surface area contributed by atoms with Crippen LogP contribution in [0.2, 0.25) is 0 Å². The van der Waals surface area contributed by atoms with Crippen LogP contribution in [0.1, 0.15) is 19.9 Å². The molecule has 3 rings (SSSR count). The fourth-order valence-electron chi connectivity index (χ4n) is 2.36. The van der Waals surface area contributed by atoms with Crippen LogP contribution in [0.4, 0.5) is 0 Å². The zero-order chi connectivity index (χ0) is 13.9. The van der Waals surface area contributed by atoms with Crippen molar-refractivity contribution in [1.82, 2.24) is 9.55 Å². The van der Waals surface area contributed by atoms with Crippen LogP contribution >= 0.6 is 0 Å². The smallest absolute Gasteiger partial charge is 0.177 e. The van der Waals surface area contributed by atoms with Crippen molar-refractivity contribution in [2.45, 2.75) is 19.9 Å². The van der Waals surface area contributed by atoms with E-state index in [0.717, 1.165) is 17.0 Å². The molecule has 0 unspecified atom stereocenters. The fraction of sp³-hybridized carbons (Fsp3) is 0.167. The molecule has 1 aromatic heterocycles. The molecule has 0 aliphatic carbocycles. The van der Waals surface area contributed by atoms with Gasteiger partial charge < -0.3 is 4.57 Å². The molecule has 3 aromatic rings. The lowest BCUT2D eigenvalue weighted by Crippen LogP contribution is -2.01. The molecule has 0 bridgehead atoms. The predicted molar refractivity (Wildman–Crippen MR) is 82.3 cm³/mol. The number of hydrogen-bond donors (Lipinski definition) is 0. The minimum absolute atomic E-state index is 0.329. The summed E-state index contributed by atoms with van der Waals surface area (Å²) in [6.45, 7) is 4.30. The van der Waals surface area contributed by atoms with Crippen LogP contribution in [-0.2, 0) is 0 Å². The number of imidazole rings is 1. The third-order valence-electron chi connectivity index (χ3n) is 3.35. The van der Waals surface area contributed by atoms with E-state index in [2.05, 4.69) is 66.1 Å². The van der Waals surface area contributed by atoms with Crippen LogP contribution in [-0.4, -0.2) is 9.55 Å². The van der Waals surface area contributed by atoms with Gasteiger partial charge in [-0.05, 0) is 13.8 Å². The first kappa shape index (κ1) is 12.7. The zero-order valence-electron chi connectivity index (χ0n) is 11.7. The summed E-state index contributed by atoms with van der Waals surface area (Å²) in [6, 6.07) is 21.0. The first-order valence-electron chi connectivity index (χ1n) is 6.88. The van der Waals surface area contributed by atoms with Gasteiger partial charge in [0.15, 0.2) is 6.33 Å². The second kappa shape index (κ2) is 5.33. The third kappa shape index (κ3) is 2.25. The molecule has 0 spiro atoms. The molecule has 1 radical (unpaired) electrons. The van der Waals surface area contributed by atoms with Crippen LogP contribution < -0.4 is 0 Å². The summed E-state index contributed by atoms with van der Waals surface area (Å²) in [7, 11) is 0. The van der Waals surface area contributed by atoms with Gasteiger partial charge in [0.2, 0.25) is 0 Å². The molecule has 0 saturated heterocycles. The molecule has 0 amide bonds. The van der Waals surface area contributed by atoms with E-state index in [4.69, 9.17) is 0 Å². The lowest BCUT2D eigenvalue weighted by Gasteiger charge is -2.13. The maximum atomic E-state index is 4.52. The molecule has 0 atom stereocenters. The molecule has 0 saturated carbocycles. The molecule has 0 aliphatic heterocycles. The zero-order valence-corrected chi connectivity index (χ0v) is 11.7. The monoisotopic (exact) mass is 261 g/mol. The number of rotatable bonds is 3. The number of hydrogen-bond acceptors (Lipinski definition) is 1. The fourth-order valence-corrected chi connectivity index (χ4v) is 2.36. The summed E-state index contributed by atoms with van der Waals surface area (Å²) >= 11 is 0. The Bertz CT molecular complexity index is 682. The van der Waals surface area contributed by atoms with Crippen molar-refractivity contribution >= 4 is 0 Å². The molecule has 2 heteroatoms. The van der Waals surface area contributed by atoms with Gasteiger partial charge in [-0.3, -0.25) is 0 Å². The third-order valence-corrected chi connectivity index (χ3v) is 3.35. The van der Waals surface area contributed by atoms with Crippen molar-refractivity contribution < 1.29 is 0 Å². The Balaban J connectivity index is 2.22. The van der Waals surface area contributed by atoms with E-state index in [1.165, 1.54) is 5.56 Å². The van der Waals surface area contributed by atoms with E-state index in [1.807, 2.05) is 24.3 Å². The molecule has 0 N–H and O–H groups in total. The van der Waals surface area contributed by atoms with Gasteiger partial charge in [-0.25, -0.2) is 4.98 Å². The summed E-state index contributed by atoms with van der Waals surface area (Å²) in [6.07, 6.45) is 3.14. The first-order chi connectivity index (χ1) is 9.77. The van der Waals surface area contributed by atoms with E-state index in [0.29, 0.717) is 6.04 Å². The average Bonchev–Trinajstić information content (AvgIpc) is 2.94. The second-order valence-electron chi connectivity index (χ2n) is 5.10. The molecular formula is C18H17N2. The highest BCUT2D eigenvalue weighted by Gasteiger charge is 2.16. The van der Waals surface area contributed by atoms with Gasteiger partial charge in [-0.15, -0.1) is 0 Å². The van der Waals surface area contributed by atoms with Crippen LogP contribution in [0.5, 0.6) is 0 Å². The lowest BCUT2D eigenvalue weighted by molar-refractivity contribution is 0.601. The van der Waals surface area contributed by atoms with Crippen LogP contribution in [0.15, 0.2) is 60.7 Å². The maximum Gasteiger partial charge on any atom is 0.177 e. The standard InChI is InChI=1S/C18H17N2/c1-14(2)20-13-19-17(15-9-5-3-6-10-15)18(20)16-11-7-4-8-12-16/h3-12,14H,1-2H3. The topological polar surface area (TPSA) is 17.8 Å². The highest BCUT2D eigenvalue weighted by molar-refractivity contribution is 5.78. The van der Waals surface area contributed by atoms with Crippen molar-refractivity contribution in [1.29, 1.82) is 0 Å². The molecule has 1 heterocycles. The van der Waals surface area contributed by atoms with Crippen molar-refractivity contribution in [3.05, 3.63) is 67.0 Å². The van der Waals surface area contributed by atoms with Crippen LogP contribution in [0.25, 0.3) is 22.5 Å². The van der Waals surface area contributed by atoms with Gasteiger partial charge in [-0.2, -0.15) is 0 Å². The Hall–Kier alpha value is -2.35. The summed E-state index contributed by atoms with van der Waals surface area (Å²) in [5.74, 6) is 0. The minimum Gasteiger partial charge on any atom is -0.318 e. The van der Waals surface area contributed by atoms with Gasteiger partial charge in [-0.1, -0.05) is 60.7 Å². The van der Waals surface area contributed by atoms with E-state index >= 15 is 0 Å². The lowest BCUT2D eigenvalue weighted by atomic mass is 10.0. The normalized spacial score (nSPS) is 10.9. The second-order valence-corrected chi connectivity index (χ2v) is 5.10. The van der Waals surface area contributed by atoms with Gasteiger partial charge in [0.1, 0.15) is 0 Å². The molecular weight excluding hydrogens is 244 g/mol. The SMILES string of the molecule is CC(C)n1[c]nc(-c2ccccc2)c1-c1ccccc1. The molecule has 0 aliphatic rings. The van der Waals surface area contributed by atoms with E-state index < -0.39 is 0 Å². The van der Waals surface area contributed by atoms with Crippen molar-refractivity contribution in [2.75, 3.05) is 0 Å². The van der Waals surface area contributed by atoms with Gasteiger partial charge >= 0.3 is 0 Å². The van der Waals surface area contributed by atoms with Gasteiger partial charge in [0.25, 0.3) is 0 Å². The largest absolute Gasteiger partial charge is 0.318 e. The van der Waals surface area contributed by atoms with Crippen molar-refractivity contribution in [2.24, 2.45) is 0 Å². The Kier molecular flexibility index (Phi) is 3.38. The number of benzene rings is 2. The number of nitrogens with zero attached hydrogens (tertiary/aromatic N) is 2. The summed E-state index contributed by atoms with van der Waals surface area (Å²) in [5, 5.41) is 0. The maximum absolute atomic E-state index is 4.52. The Morgan fingerprint density at radius 2 is 1.40 bits per heavy atom. The Labute approximate surface area is 119 Å². The quantitative estimate of drug-likeness (QED) is 0.674. The summed E-state index contributed by atoms with van der Waals surface area (Å²) in [5.41, 5.74) is 4.42. The molecule has 20 heavy (non-hydrogen) atoms. The predicted octanol–water partition coefficient (Wildman–Crippen LogP) is 4.60. The van der Waals surface area contributed by atoms with E-state index in [1.54, 1.807) is 0 Å². The molecule has 2 aromatic carbocycles. The van der Waals surface area contributed by atoms with Crippen molar-refractivity contribution in [3.63, 3.8) is 0 Å². The average molecular weight is 261 g/mol. The highest BCUT2D eigenvalue weighted by atomic mass is 15.1. The Morgan fingerprint density at radius 3 is 1.95 bits per heavy atom. The van der Waals surface area contributed by atoms with E-state index in [9.17, 15) is 0 Å².